The van der Waals surface area contributed by atoms with Gasteiger partial charge in [-0.2, -0.15) is 36.9 Å². The Morgan fingerprint density at radius 2 is 1.67 bits per heavy atom. The van der Waals surface area contributed by atoms with E-state index in [1.165, 1.54) is 36.4 Å². The summed E-state index contributed by atoms with van der Waals surface area (Å²) in [4.78, 5) is 11.6. The number of carbonyl (C=O) groups is 1. The van der Waals surface area contributed by atoms with Crippen LogP contribution in [0.25, 0.3) is 10.9 Å². The number of alkyl halides is 6. The van der Waals surface area contributed by atoms with E-state index in [0.717, 1.165) is 10.8 Å². The standard InChI is InChI=1S/C17H11F6N3O/c18-16(19,20)5-10(11(6-24)7-25)8-26-9-13(15(27)17(21,22)23)12-3-1-2-4-14(12)26/h1-4,9-11H,5,8H2. The van der Waals surface area contributed by atoms with Crippen molar-refractivity contribution in [2.75, 3.05) is 0 Å². The van der Waals surface area contributed by atoms with E-state index < -0.39 is 48.5 Å². The van der Waals surface area contributed by atoms with E-state index in [0.29, 0.717) is 0 Å². The number of Topliss-reactive ketones (excluding diaryl/α,β-unsaturated/α-hetero) is 1. The molecule has 0 radical (unpaired) electrons. The van der Waals surface area contributed by atoms with E-state index in [1.807, 2.05) is 0 Å². The molecule has 1 aromatic heterocycles. The summed E-state index contributed by atoms with van der Waals surface area (Å²) in [5.41, 5.74) is -0.596. The summed E-state index contributed by atoms with van der Waals surface area (Å²) in [6, 6.07) is 8.38. The second-order valence-electron chi connectivity index (χ2n) is 5.85. The molecule has 27 heavy (non-hydrogen) atoms. The van der Waals surface area contributed by atoms with Crippen LogP contribution in [0.5, 0.6) is 0 Å². The zero-order valence-electron chi connectivity index (χ0n) is 13.5. The summed E-state index contributed by atoms with van der Waals surface area (Å²) < 4.78 is 77.9. The molecule has 0 N–H and O–H groups in total. The van der Waals surface area contributed by atoms with Gasteiger partial charge in [-0.3, -0.25) is 4.79 Å². The minimum Gasteiger partial charge on any atom is -0.346 e. The van der Waals surface area contributed by atoms with Gasteiger partial charge in [0.15, 0.2) is 0 Å². The zero-order chi connectivity index (χ0) is 20.4. The van der Waals surface area contributed by atoms with Crippen LogP contribution in [0.2, 0.25) is 0 Å². The highest BCUT2D eigenvalue weighted by Gasteiger charge is 2.41. The number of rotatable bonds is 5. The zero-order valence-corrected chi connectivity index (χ0v) is 13.5. The number of fused-ring (bicyclic) bond motifs is 1. The number of ketones is 1. The monoisotopic (exact) mass is 387 g/mol. The van der Waals surface area contributed by atoms with Gasteiger partial charge in [0.1, 0.15) is 5.92 Å². The Balaban J connectivity index is 2.53. The number of hydrogen-bond donors (Lipinski definition) is 0. The average Bonchev–Trinajstić information content (AvgIpc) is 2.91. The number of aromatic nitrogens is 1. The van der Waals surface area contributed by atoms with Crippen LogP contribution in [0.15, 0.2) is 30.5 Å². The van der Waals surface area contributed by atoms with Crippen LogP contribution in [0.3, 0.4) is 0 Å². The molecule has 0 saturated heterocycles. The summed E-state index contributed by atoms with van der Waals surface area (Å²) in [5, 5.41) is 17.8. The van der Waals surface area contributed by atoms with Gasteiger partial charge in [-0.25, -0.2) is 0 Å². The fourth-order valence-corrected chi connectivity index (χ4v) is 2.81. The molecule has 0 aliphatic carbocycles. The van der Waals surface area contributed by atoms with Crippen LogP contribution in [0.1, 0.15) is 16.8 Å². The first kappa shape index (κ1) is 20.3. The Morgan fingerprint density at radius 1 is 1.07 bits per heavy atom. The van der Waals surface area contributed by atoms with E-state index in [9.17, 15) is 31.1 Å². The highest BCUT2D eigenvalue weighted by Crippen LogP contribution is 2.33. The van der Waals surface area contributed by atoms with Gasteiger partial charge in [0.25, 0.3) is 5.78 Å². The summed E-state index contributed by atoms with van der Waals surface area (Å²) in [7, 11) is 0. The number of para-hydroxylation sites is 1. The highest BCUT2D eigenvalue weighted by molar-refractivity contribution is 6.10. The largest absolute Gasteiger partial charge is 0.454 e. The summed E-state index contributed by atoms with van der Waals surface area (Å²) in [6.07, 6.45) is -10.5. The molecule has 1 aromatic carbocycles. The molecule has 0 spiro atoms. The molecular weight excluding hydrogens is 376 g/mol. The second kappa shape index (κ2) is 7.31. The van der Waals surface area contributed by atoms with E-state index >= 15 is 0 Å². The molecule has 2 aromatic rings. The molecule has 0 fully saturated rings. The molecule has 0 saturated carbocycles. The number of halogens is 6. The fraction of sp³-hybridized carbons (Fsp3) is 0.353. The van der Waals surface area contributed by atoms with Crippen LogP contribution < -0.4 is 0 Å². The fourth-order valence-electron chi connectivity index (χ4n) is 2.81. The lowest BCUT2D eigenvalue weighted by atomic mass is 9.91. The molecule has 2 rings (SSSR count). The van der Waals surface area contributed by atoms with Crippen molar-refractivity contribution in [3.8, 4) is 12.1 Å². The third kappa shape index (κ3) is 4.59. The lowest BCUT2D eigenvalue weighted by molar-refractivity contribution is -0.146. The quantitative estimate of drug-likeness (QED) is 0.555. The summed E-state index contributed by atoms with van der Waals surface area (Å²) >= 11 is 0. The lowest BCUT2D eigenvalue weighted by Gasteiger charge is -2.20. The van der Waals surface area contributed by atoms with Crippen molar-refractivity contribution in [3.63, 3.8) is 0 Å². The summed E-state index contributed by atoms with van der Waals surface area (Å²) in [5.74, 6) is -5.25. The maximum absolute atomic E-state index is 12.8. The lowest BCUT2D eigenvalue weighted by Crippen LogP contribution is -2.25. The molecule has 0 aliphatic heterocycles. The third-order valence-electron chi connectivity index (χ3n) is 3.97. The minimum atomic E-state index is -5.15. The average molecular weight is 387 g/mol. The van der Waals surface area contributed by atoms with Crippen molar-refractivity contribution >= 4 is 16.7 Å². The topological polar surface area (TPSA) is 69.6 Å². The molecule has 0 bridgehead atoms. The van der Waals surface area contributed by atoms with Crippen LogP contribution >= 0.6 is 0 Å². The van der Waals surface area contributed by atoms with Gasteiger partial charge in [0.05, 0.1) is 24.1 Å². The Bertz CT molecular complexity index is 915. The number of hydrogen-bond acceptors (Lipinski definition) is 3. The van der Waals surface area contributed by atoms with Crippen molar-refractivity contribution in [1.29, 1.82) is 10.5 Å². The number of nitrogens with zero attached hydrogens (tertiary/aromatic N) is 3. The van der Waals surface area contributed by atoms with Gasteiger partial charge in [0.2, 0.25) is 0 Å². The molecule has 1 unspecified atom stereocenters. The molecule has 10 heteroatoms. The first-order chi connectivity index (χ1) is 12.5. The minimum absolute atomic E-state index is 0.0731. The van der Waals surface area contributed by atoms with Gasteiger partial charge >= 0.3 is 12.4 Å². The van der Waals surface area contributed by atoms with E-state index in [1.54, 1.807) is 0 Å². The van der Waals surface area contributed by atoms with Crippen molar-refractivity contribution in [1.82, 2.24) is 4.57 Å². The molecule has 142 valence electrons. The Morgan fingerprint density at radius 3 is 2.19 bits per heavy atom. The molecule has 4 nitrogen and oxygen atoms in total. The van der Waals surface area contributed by atoms with Crippen LogP contribution in [-0.2, 0) is 6.54 Å². The SMILES string of the molecule is N#CC(C#N)C(Cn1cc(C(=O)C(F)(F)F)c2ccccc21)CC(F)(F)F. The first-order valence-electron chi connectivity index (χ1n) is 7.53. The van der Waals surface area contributed by atoms with Crippen molar-refractivity contribution in [2.24, 2.45) is 11.8 Å². The predicted molar refractivity (Wildman–Crippen MR) is 81.2 cm³/mol. The van der Waals surface area contributed by atoms with Crippen molar-refractivity contribution < 1.29 is 31.1 Å². The Labute approximate surface area is 149 Å². The molecule has 1 atom stereocenters. The molecule has 0 amide bonds. The molecule has 1 heterocycles. The number of benzene rings is 1. The maximum atomic E-state index is 12.8. The normalized spacial score (nSPS) is 13.4. The molecule has 0 aliphatic rings. The van der Waals surface area contributed by atoms with Crippen molar-refractivity contribution in [3.05, 3.63) is 36.0 Å². The van der Waals surface area contributed by atoms with Crippen LogP contribution in [0, 0.1) is 34.5 Å². The second-order valence-corrected chi connectivity index (χ2v) is 5.85. The van der Waals surface area contributed by atoms with Gasteiger partial charge in [-0.05, 0) is 6.07 Å². The van der Waals surface area contributed by atoms with E-state index in [2.05, 4.69) is 0 Å². The van der Waals surface area contributed by atoms with E-state index in [-0.39, 0.29) is 10.9 Å². The van der Waals surface area contributed by atoms with Gasteiger partial charge < -0.3 is 4.57 Å². The summed E-state index contributed by atoms with van der Waals surface area (Å²) in [6.45, 7) is -0.545. The molecular formula is C17H11F6N3O. The van der Waals surface area contributed by atoms with E-state index in [4.69, 9.17) is 10.5 Å². The number of carbonyl (C=O) groups excluding carboxylic acids is 1. The van der Waals surface area contributed by atoms with Gasteiger partial charge in [0, 0.05) is 29.6 Å². The van der Waals surface area contributed by atoms with Gasteiger partial charge in [-0.15, -0.1) is 0 Å². The first-order valence-corrected chi connectivity index (χ1v) is 7.53. The van der Waals surface area contributed by atoms with Gasteiger partial charge in [-0.1, -0.05) is 18.2 Å². The third-order valence-corrected chi connectivity index (χ3v) is 3.97. The predicted octanol–water partition coefficient (Wildman–Crippen LogP) is 4.62. The number of nitriles is 2. The smallest absolute Gasteiger partial charge is 0.346 e. The van der Waals surface area contributed by atoms with Crippen molar-refractivity contribution in [2.45, 2.75) is 25.3 Å². The Kier molecular flexibility index (Phi) is 5.50. The maximum Gasteiger partial charge on any atom is 0.454 e. The highest BCUT2D eigenvalue weighted by atomic mass is 19.4. The van der Waals surface area contributed by atoms with Crippen LogP contribution in [0.4, 0.5) is 26.3 Å². The Hall–Kier alpha value is -3.01. The van der Waals surface area contributed by atoms with Crippen LogP contribution in [-0.4, -0.2) is 22.7 Å².